The van der Waals surface area contributed by atoms with Crippen LogP contribution in [-0.2, 0) is 21.6 Å². The largest absolute Gasteiger partial charge is 0.368 e. The molecule has 1 fully saturated rings. The van der Waals surface area contributed by atoms with Crippen molar-refractivity contribution in [1.29, 1.82) is 0 Å². The minimum atomic E-state index is -0.442. The number of nitrogens with zero attached hydrogens (tertiary/aromatic N) is 2. The van der Waals surface area contributed by atoms with Crippen molar-refractivity contribution in [3.05, 3.63) is 35.7 Å². The Bertz CT molecular complexity index is 688. The van der Waals surface area contributed by atoms with E-state index in [9.17, 15) is 4.79 Å². The predicted molar refractivity (Wildman–Crippen MR) is 89.3 cm³/mol. The normalized spacial score (nSPS) is 16.8. The van der Waals surface area contributed by atoms with Gasteiger partial charge in [0.2, 0.25) is 11.7 Å². The van der Waals surface area contributed by atoms with E-state index in [4.69, 9.17) is 9.26 Å². The molecule has 1 aromatic heterocycles. The van der Waals surface area contributed by atoms with Gasteiger partial charge in [-0.05, 0) is 18.4 Å². The average molecular weight is 329 g/mol. The number of amides is 1. The fourth-order valence-electron chi connectivity index (χ4n) is 3.20. The molecule has 128 valence electrons. The third-order valence-corrected chi connectivity index (χ3v) is 4.72. The molecule has 0 spiro atoms. The molecular weight excluding hydrogens is 306 g/mol. The van der Waals surface area contributed by atoms with Gasteiger partial charge < -0.3 is 14.6 Å². The highest BCUT2D eigenvalue weighted by molar-refractivity contribution is 5.78. The number of aromatic nitrogens is 2. The molecule has 1 aliphatic carbocycles. The monoisotopic (exact) mass is 329 g/mol. The first kappa shape index (κ1) is 16.6. The van der Waals surface area contributed by atoms with Crippen LogP contribution in [0.5, 0.6) is 0 Å². The van der Waals surface area contributed by atoms with E-state index in [1.165, 1.54) is 6.42 Å². The molecule has 1 aliphatic rings. The maximum absolute atomic E-state index is 11.4. The number of hydrogen-bond donors (Lipinski definition) is 1. The molecule has 0 bridgehead atoms. The maximum atomic E-state index is 11.4. The molecule has 0 unspecified atom stereocenters. The van der Waals surface area contributed by atoms with E-state index in [0.717, 1.165) is 36.8 Å². The standard InChI is InChI=1S/C18H23N3O3/c1-19-15(22)12-13-6-8-14(9-7-13)16-20-17(24-21-16)18(23-2)10-4-3-5-11-18/h6-9H,3-5,10-12H2,1-2H3,(H,19,22). The number of methoxy groups -OCH3 is 1. The highest BCUT2D eigenvalue weighted by Gasteiger charge is 2.39. The molecule has 1 N–H and O–H groups in total. The van der Waals surface area contributed by atoms with Crippen molar-refractivity contribution in [2.45, 2.75) is 44.1 Å². The first-order chi connectivity index (χ1) is 11.7. The predicted octanol–water partition coefficient (Wildman–Crippen LogP) is 2.83. The fourth-order valence-corrected chi connectivity index (χ4v) is 3.20. The van der Waals surface area contributed by atoms with E-state index < -0.39 is 5.60 Å². The Labute approximate surface area is 141 Å². The summed E-state index contributed by atoms with van der Waals surface area (Å²) in [4.78, 5) is 16.0. The fraction of sp³-hybridized carbons (Fsp3) is 0.500. The van der Waals surface area contributed by atoms with Crippen LogP contribution in [0.15, 0.2) is 28.8 Å². The first-order valence-electron chi connectivity index (χ1n) is 8.36. The topological polar surface area (TPSA) is 77.2 Å². The van der Waals surface area contributed by atoms with Crippen LogP contribution >= 0.6 is 0 Å². The molecule has 24 heavy (non-hydrogen) atoms. The molecule has 0 saturated heterocycles. The van der Waals surface area contributed by atoms with Crippen LogP contribution in [0.3, 0.4) is 0 Å². The summed E-state index contributed by atoms with van der Waals surface area (Å²) < 4.78 is 11.3. The molecule has 1 heterocycles. The molecule has 6 nitrogen and oxygen atoms in total. The van der Waals surface area contributed by atoms with Crippen LogP contribution in [-0.4, -0.2) is 30.2 Å². The second-order valence-electron chi connectivity index (χ2n) is 6.23. The molecule has 2 aromatic rings. The van der Waals surface area contributed by atoms with Gasteiger partial charge in [-0.1, -0.05) is 48.7 Å². The summed E-state index contributed by atoms with van der Waals surface area (Å²) in [5.41, 5.74) is 1.37. The van der Waals surface area contributed by atoms with E-state index in [1.54, 1.807) is 14.2 Å². The van der Waals surface area contributed by atoms with Gasteiger partial charge in [0.05, 0.1) is 6.42 Å². The zero-order valence-corrected chi connectivity index (χ0v) is 14.2. The minimum absolute atomic E-state index is 0.0102. The quantitative estimate of drug-likeness (QED) is 0.912. The molecule has 1 aromatic carbocycles. The summed E-state index contributed by atoms with van der Waals surface area (Å²) in [6, 6.07) is 7.64. The summed E-state index contributed by atoms with van der Waals surface area (Å²) in [5, 5.41) is 6.73. The molecule has 0 atom stereocenters. The van der Waals surface area contributed by atoms with Crippen molar-refractivity contribution >= 4 is 5.91 Å². The summed E-state index contributed by atoms with van der Waals surface area (Å²) in [6.07, 6.45) is 5.63. The van der Waals surface area contributed by atoms with Crippen molar-refractivity contribution in [2.75, 3.05) is 14.2 Å². The highest BCUT2D eigenvalue weighted by atomic mass is 16.5. The molecule has 0 radical (unpaired) electrons. The Morgan fingerprint density at radius 1 is 1.25 bits per heavy atom. The lowest BCUT2D eigenvalue weighted by atomic mass is 9.84. The highest BCUT2D eigenvalue weighted by Crippen LogP contribution is 2.39. The third kappa shape index (κ3) is 3.33. The Balaban J connectivity index is 1.79. The lowest BCUT2D eigenvalue weighted by Crippen LogP contribution is -2.31. The zero-order valence-electron chi connectivity index (χ0n) is 14.2. The van der Waals surface area contributed by atoms with E-state index in [2.05, 4.69) is 15.5 Å². The number of nitrogens with one attached hydrogen (secondary N) is 1. The lowest BCUT2D eigenvalue weighted by Gasteiger charge is -2.32. The lowest BCUT2D eigenvalue weighted by molar-refractivity contribution is -0.119. The van der Waals surface area contributed by atoms with Gasteiger partial charge in [0.25, 0.3) is 5.89 Å². The molecule has 1 amide bonds. The van der Waals surface area contributed by atoms with Crippen molar-refractivity contribution in [3.8, 4) is 11.4 Å². The number of rotatable bonds is 5. The van der Waals surface area contributed by atoms with Gasteiger partial charge in [-0.25, -0.2) is 0 Å². The van der Waals surface area contributed by atoms with E-state index in [0.29, 0.717) is 18.1 Å². The smallest absolute Gasteiger partial charge is 0.259 e. The number of benzene rings is 1. The van der Waals surface area contributed by atoms with Crippen molar-refractivity contribution in [2.24, 2.45) is 0 Å². The van der Waals surface area contributed by atoms with E-state index in [1.807, 2.05) is 24.3 Å². The van der Waals surface area contributed by atoms with Gasteiger partial charge >= 0.3 is 0 Å². The first-order valence-corrected chi connectivity index (χ1v) is 8.36. The maximum Gasteiger partial charge on any atom is 0.259 e. The Morgan fingerprint density at radius 3 is 2.58 bits per heavy atom. The number of ether oxygens (including phenoxy) is 1. The van der Waals surface area contributed by atoms with Gasteiger partial charge in [0, 0.05) is 19.7 Å². The van der Waals surface area contributed by atoms with Gasteiger partial charge in [0.15, 0.2) is 0 Å². The van der Waals surface area contributed by atoms with Crippen LogP contribution in [0.25, 0.3) is 11.4 Å². The molecule has 1 saturated carbocycles. The number of likely N-dealkylation sites (N-methyl/N-ethyl adjacent to an activating group) is 1. The van der Waals surface area contributed by atoms with Gasteiger partial charge in [-0.3, -0.25) is 4.79 Å². The third-order valence-electron chi connectivity index (χ3n) is 4.72. The summed E-state index contributed by atoms with van der Waals surface area (Å²) in [6.45, 7) is 0. The van der Waals surface area contributed by atoms with Crippen LogP contribution in [0.1, 0.15) is 43.6 Å². The molecule has 3 rings (SSSR count). The number of carbonyl (C=O) groups excluding carboxylic acids is 1. The van der Waals surface area contributed by atoms with Gasteiger partial charge in [-0.2, -0.15) is 4.98 Å². The number of hydrogen-bond acceptors (Lipinski definition) is 5. The van der Waals surface area contributed by atoms with Crippen LogP contribution in [0, 0.1) is 0 Å². The second kappa shape index (κ2) is 7.13. The summed E-state index contributed by atoms with van der Waals surface area (Å²) >= 11 is 0. The van der Waals surface area contributed by atoms with E-state index >= 15 is 0 Å². The van der Waals surface area contributed by atoms with Crippen LogP contribution in [0.2, 0.25) is 0 Å². The molecule has 6 heteroatoms. The summed E-state index contributed by atoms with van der Waals surface area (Å²) in [7, 11) is 3.34. The van der Waals surface area contributed by atoms with E-state index in [-0.39, 0.29) is 5.91 Å². The Kier molecular flexibility index (Phi) is 4.94. The number of carbonyl (C=O) groups is 1. The van der Waals surface area contributed by atoms with Crippen molar-refractivity contribution in [1.82, 2.24) is 15.5 Å². The SMILES string of the molecule is CNC(=O)Cc1ccc(-c2noc(C3(OC)CCCCC3)n2)cc1. The van der Waals surface area contributed by atoms with Crippen LogP contribution in [0.4, 0.5) is 0 Å². The van der Waals surface area contributed by atoms with Crippen molar-refractivity contribution < 1.29 is 14.1 Å². The second-order valence-corrected chi connectivity index (χ2v) is 6.23. The van der Waals surface area contributed by atoms with Gasteiger partial charge in [-0.15, -0.1) is 0 Å². The Hall–Kier alpha value is -2.21. The molecular formula is C18H23N3O3. The minimum Gasteiger partial charge on any atom is -0.368 e. The van der Waals surface area contributed by atoms with Crippen LogP contribution < -0.4 is 5.32 Å². The van der Waals surface area contributed by atoms with Crippen molar-refractivity contribution in [3.63, 3.8) is 0 Å². The summed E-state index contributed by atoms with van der Waals surface area (Å²) in [5.74, 6) is 1.11. The average Bonchev–Trinajstić information content (AvgIpc) is 3.13. The van der Waals surface area contributed by atoms with Gasteiger partial charge in [0.1, 0.15) is 5.60 Å². The Morgan fingerprint density at radius 2 is 1.96 bits per heavy atom. The molecule has 0 aliphatic heterocycles. The zero-order chi connectivity index (χ0) is 17.0.